The van der Waals surface area contributed by atoms with Crippen LogP contribution in [0.15, 0.2) is 24.1 Å². The van der Waals surface area contributed by atoms with Gasteiger partial charge in [-0.1, -0.05) is 19.9 Å². The largest absolute Gasteiger partial charge is 0.465 e. The normalized spacial score (nSPS) is 35.9. The quantitative estimate of drug-likeness (QED) is 0.747. The smallest absolute Gasteiger partial charge is 0.308 e. The molecule has 0 N–H and O–H groups in total. The van der Waals surface area contributed by atoms with E-state index in [0.717, 1.165) is 6.08 Å². The molecule has 5 heteroatoms. The van der Waals surface area contributed by atoms with Gasteiger partial charge in [-0.25, -0.2) is 8.78 Å². The Balaban J connectivity index is 1.92. The third kappa shape index (κ3) is 3.70. The maximum Gasteiger partial charge on any atom is 0.308 e. The number of hydrogen-bond donors (Lipinski definition) is 0. The van der Waals surface area contributed by atoms with Gasteiger partial charge in [0.25, 0.3) is 0 Å². The molecular formula is C16H22F2O3. The molecule has 1 fully saturated rings. The number of carbonyl (C=O) groups is 1. The summed E-state index contributed by atoms with van der Waals surface area (Å²) in [5.74, 6) is -1.42. The van der Waals surface area contributed by atoms with Crippen molar-refractivity contribution in [3.8, 4) is 0 Å². The fourth-order valence-corrected chi connectivity index (χ4v) is 2.86. The van der Waals surface area contributed by atoms with Crippen LogP contribution in [0.4, 0.5) is 8.78 Å². The molecule has 1 heterocycles. The summed E-state index contributed by atoms with van der Waals surface area (Å²) >= 11 is 0. The molecule has 4 atom stereocenters. The van der Waals surface area contributed by atoms with Crippen LogP contribution in [0.2, 0.25) is 0 Å². The summed E-state index contributed by atoms with van der Waals surface area (Å²) in [4.78, 5) is 11.5. The van der Waals surface area contributed by atoms with Gasteiger partial charge in [0.2, 0.25) is 0 Å². The number of rotatable bonds is 4. The molecule has 0 spiro atoms. The molecule has 1 aliphatic carbocycles. The van der Waals surface area contributed by atoms with E-state index in [1.807, 2.05) is 6.92 Å². The summed E-state index contributed by atoms with van der Waals surface area (Å²) in [5, 5.41) is 0. The molecule has 0 bridgehead atoms. The minimum Gasteiger partial charge on any atom is -0.465 e. The number of hydrogen-bond acceptors (Lipinski definition) is 3. The number of esters is 1. The van der Waals surface area contributed by atoms with Crippen molar-refractivity contribution in [1.82, 2.24) is 0 Å². The predicted molar refractivity (Wildman–Crippen MR) is 75.0 cm³/mol. The Morgan fingerprint density at radius 2 is 2.29 bits per heavy atom. The molecule has 0 aromatic heterocycles. The highest BCUT2D eigenvalue weighted by Gasteiger charge is 2.45. The summed E-state index contributed by atoms with van der Waals surface area (Å²) in [7, 11) is 0. The highest BCUT2D eigenvalue weighted by Crippen LogP contribution is 2.41. The Hall–Kier alpha value is -1.23. The van der Waals surface area contributed by atoms with Crippen molar-refractivity contribution in [2.24, 2.45) is 17.8 Å². The van der Waals surface area contributed by atoms with Crippen LogP contribution in [0.5, 0.6) is 0 Å². The van der Waals surface area contributed by atoms with Gasteiger partial charge in [-0.3, -0.25) is 4.79 Å². The molecule has 0 amide bonds. The van der Waals surface area contributed by atoms with Crippen LogP contribution >= 0.6 is 0 Å². The predicted octanol–water partition coefficient (Wildman–Crippen LogP) is 3.36. The van der Waals surface area contributed by atoms with Gasteiger partial charge in [-0.15, -0.1) is 0 Å². The van der Waals surface area contributed by atoms with E-state index in [2.05, 4.69) is 0 Å². The van der Waals surface area contributed by atoms with Crippen molar-refractivity contribution in [1.29, 1.82) is 0 Å². The van der Waals surface area contributed by atoms with E-state index >= 15 is 0 Å². The summed E-state index contributed by atoms with van der Waals surface area (Å²) in [6.45, 7) is 6.09. The van der Waals surface area contributed by atoms with Gasteiger partial charge in [0.1, 0.15) is 12.0 Å². The number of allylic oxidation sites excluding steroid dienone is 3. The van der Waals surface area contributed by atoms with Crippen LogP contribution in [0.1, 0.15) is 27.2 Å². The fraction of sp³-hybridized carbons (Fsp3) is 0.688. The van der Waals surface area contributed by atoms with E-state index < -0.39 is 23.5 Å². The lowest BCUT2D eigenvalue weighted by Crippen LogP contribution is -2.39. The van der Waals surface area contributed by atoms with Crippen molar-refractivity contribution >= 4 is 5.97 Å². The molecular weight excluding hydrogens is 278 g/mol. The van der Waals surface area contributed by atoms with Gasteiger partial charge in [0.15, 0.2) is 0 Å². The summed E-state index contributed by atoms with van der Waals surface area (Å²) in [6, 6.07) is 0. The first-order valence-corrected chi connectivity index (χ1v) is 7.32. The zero-order valence-electron chi connectivity index (χ0n) is 12.6. The van der Waals surface area contributed by atoms with Crippen molar-refractivity contribution in [3.63, 3.8) is 0 Å². The van der Waals surface area contributed by atoms with E-state index in [1.165, 1.54) is 12.2 Å². The zero-order valence-corrected chi connectivity index (χ0v) is 12.6. The molecule has 2 aliphatic rings. The minimum absolute atomic E-state index is 0.0500. The highest BCUT2D eigenvalue weighted by molar-refractivity contribution is 5.71. The van der Waals surface area contributed by atoms with Crippen LogP contribution in [-0.4, -0.2) is 31.0 Å². The van der Waals surface area contributed by atoms with E-state index in [0.29, 0.717) is 13.0 Å². The first-order valence-electron chi connectivity index (χ1n) is 7.32. The average molecular weight is 300 g/mol. The van der Waals surface area contributed by atoms with Gasteiger partial charge >= 0.3 is 5.97 Å². The number of alkyl halides is 1. The van der Waals surface area contributed by atoms with Gasteiger partial charge in [-0.2, -0.15) is 0 Å². The second-order valence-electron chi connectivity index (χ2n) is 6.36. The maximum absolute atomic E-state index is 14.0. The molecule has 1 aliphatic heterocycles. The Morgan fingerprint density at radius 3 is 2.90 bits per heavy atom. The van der Waals surface area contributed by atoms with Crippen LogP contribution in [0.3, 0.4) is 0 Å². The minimum atomic E-state index is -1.39. The maximum atomic E-state index is 14.0. The number of carbonyl (C=O) groups excluding carboxylic acids is 1. The summed E-state index contributed by atoms with van der Waals surface area (Å²) in [6.07, 6.45) is 2.98. The van der Waals surface area contributed by atoms with Crippen LogP contribution in [-0.2, 0) is 14.3 Å². The lowest BCUT2D eigenvalue weighted by Gasteiger charge is -2.34. The monoisotopic (exact) mass is 300 g/mol. The molecule has 1 saturated heterocycles. The second-order valence-corrected chi connectivity index (χ2v) is 6.36. The van der Waals surface area contributed by atoms with Crippen molar-refractivity contribution < 1.29 is 23.0 Å². The van der Waals surface area contributed by atoms with Gasteiger partial charge in [0, 0.05) is 11.8 Å². The van der Waals surface area contributed by atoms with Gasteiger partial charge in [-0.05, 0) is 25.5 Å². The van der Waals surface area contributed by atoms with Crippen molar-refractivity contribution in [2.45, 2.75) is 39.0 Å². The molecule has 118 valence electrons. The van der Waals surface area contributed by atoms with Crippen molar-refractivity contribution in [2.75, 3.05) is 13.2 Å². The Morgan fingerprint density at radius 1 is 1.57 bits per heavy atom. The van der Waals surface area contributed by atoms with E-state index in [1.54, 1.807) is 13.8 Å². The van der Waals surface area contributed by atoms with Crippen molar-refractivity contribution in [3.05, 3.63) is 24.1 Å². The number of halogens is 2. The molecule has 2 rings (SSSR count). The molecule has 21 heavy (non-hydrogen) atoms. The number of ether oxygens (including phenoxy) is 2. The van der Waals surface area contributed by atoms with E-state index in [-0.39, 0.29) is 24.4 Å². The highest BCUT2D eigenvalue weighted by atomic mass is 19.1. The Labute approximate surface area is 124 Å². The Bertz CT molecular complexity index is 458. The summed E-state index contributed by atoms with van der Waals surface area (Å²) in [5.41, 5.74) is -0.692. The zero-order chi connectivity index (χ0) is 15.6. The lowest BCUT2D eigenvalue weighted by atomic mass is 9.79. The fourth-order valence-electron chi connectivity index (χ4n) is 2.86. The lowest BCUT2D eigenvalue weighted by molar-refractivity contribution is -0.148. The molecule has 3 nitrogen and oxygen atoms in total. The van der Waals surface area contributed by atoms with E-state index in [4.69, 9.17) is 9.47 Å². The molecule has 0 aromatic carbocycles. The first kappa shape index (κ1) is 16.1. The van der Waals surface area contributed by atoms with E-state index in [9.17, 15) is 13.6 Å². The molecule has 0 radical (unpaired) electrons. The van der Waals surface area contributed by atoms with Crippen LogP contribution in [0.25, 0.3) is 0 Å². The second kappa shape index (κ2) is 6.26. The van der Waals surface area contributed by atoms with Crippen LogP contribution in [0, 0.1) is 17.8 Å². The molecule has 2 unspecified atom stereocenters. The Kier molecular flexibility index (Phi) is 4.81. The summed E-state index contributed by atoms with van der Waals surface area (Å²) < 4.78 is 38.0. The average Bonchev–Trinajstić information content (AvgIpc) is 2.78. The third-order valence-corrected chi connectivity index (χ3v) is 4.10. The van der Waals surface area contributed by atoms with Gasteiger partial charge in [0.05, 0.1) is 24.7 Å². The molecule has 0 saturated carbocycles. The standard InChI is InChI=1S/C16H22F2O3/c1-10(2)15(19)20-8-11-7-16(3,21-9-11)13-5-4-12(17)6-14(13)18/h4-6,10-11,13-14H,7-9H2,1-3H3/t11-,13?,14?,16+/m1/s1. The SMILES string of the molecule is CC(C)C(=O)OC[C@@H]1CO[C@](C)(C2C=CC(F)=CC2F)C1. The van der Waals surface area contributed by atoms with Gasteiger partial charge < -0.3 is 9.47 Å². The van der Waals surface area contributed by atoms with Crippen LogP contribution < -0.4 is 0 Å². The molecule has 0 aromatic rings. The topological polar surface area (TPSA) is 35.5 Å². The third-order valence-electron chi connectivity index (χ3n) is 4.10. The first-order chi connectivity index (χ1) is 9.82.